The molecule has 2 aromatic rings. The van der Waals surface area contributed by atoms with Gasteiger partial charge in [-0.15, -0.1) is 0 Å². The third-order valence-corrected chi connectivity index (χ3v) is 3.77. The highest BCUT2D eigenvalue weighted by Crippen LogP contribution is 2.36. The molecule has 0 heterocycles. The van der Waals surface area contributed by atoms with E-state index in [1.54, 1.807) is 26.0 Å². The molecule has 0 bridgehead atoms. The van der Waals surface area contributed by atoms with E-state index < -0.39 is 35.0 Å². The fourth-order valence-corrected chi connectivity index (χ4v) is 2.65. The highest BCUT2D eigenvalue weighted by atomic mass is 19.4. The van der Waals surface area contributed by atoms with E-state index in [0.717, 1.165) is 5.56 Å². The molecule has 0 spiro atoms. The normalized spacial score (nSPS) is 12.2. The molecule has 0 atom stereocenters. The van der Waals surface area contributed by atoms with Crippen molar-refractivity contribution in [3.8, 4) is 0 Å². The van der Waals surface area contributed by atoms with Crippen molar-refractivity contribution in [1.29, 1.82) is 0 Å². The Bertz CT molecular complexity index is 796. The zero-order valence-electron chi connectivity index (χ0n) is 14.1. The number of aryl methyl sites for hydroxylation is 3. The number of hydrogen-bond acceptors (Lipinski definition) is 1. The minimum absolute atomic E-state index is 0.0147. The highest BCUT2D eigenvalue weighted by Gasteiger charge is 2.37. The maximum atomic E-state index is 12.9. The second-order valence-electron chi connectivity index (χ2n) is 6.02. The van der Waals surface area contributed by atoms with Gasteiger partial charge in [-0.05, 0) is 50.1 Å². The first-order valence-corrected chi connectivity index (χ1v) is 7.47. The Balaban J connectivity index is 2.49. The standard InChI is InChI=1S/C18H15F6NO/c1-9-4-10(2)15(11(3)5-9)25-16(26)12-6-13(17(19,20)21)8-14(7-12)18(22,23)24/h4-8H,1-3H3,(H,25,26). The van der Waals surface area contributed by atoms with Gasteiger partial charge in [-0.3, -0.25) is 4.79 Å². The van der Waals surface area contributed by atoms with Gasteiger partial charge in [0.2, 0.25) is 0 Å². The first kappa shape index (κ1) is 19.8. The molecule has 0 aliphatic rings. The SMILES string of the molecule is Cc1cc(C)c(NC(=O)c2cc(C(F)(F)F)cc(C(F)(F)F)c2)c(C)c1. The van der Waals surface area contributed by atoms with E-state index in [1.807, 2.05) is 6.92 Å². The fraction of sp³-hybridized carbons (Fsp3) is 0.278. The van der Waals surface area contributed by atoms with Gasteiger partial charge in [0.15, 0.2) is 0 Å². The van der Waals surface area contributed by atoms with Gasteiger partial charge >= 0.3 is 12.4 Å². The van der Waals surface area contributed by atoms with E-state index in [1.165, 1.54) is 0 Å². The van der Waals surface area contributed by atoms with Gasteiger partial charge in [-0.1, -0.05) is 17.7 Å². The van der Waals surface area contributed by atoms with Crippen molar-refractivity contribution < 1.29 is 31.1 Å². The van der Waals surface area contributed by atoms with Crippen LogP contribution in [0.3, 0.4) is 0 Å². The quantitative estimate of drug-likeness (QED) is 0.651. The maximum Gasteiger partial charge on any atom is 0.416 e. The van der Waals surface area contributed by atoms with Gasteiger partial charge in [0, 0.05) is 11.3 Å². The molecule has 0 saturated carbocycles. The average Bonchev–Trinajstić information content (AvgIpc) is 2.48. The molecule has 2 aromatic carbocycles. The lowest BCUT2D eigenvalue weighted by molar-refractivity contribution is -0.143. The van der Waals surface area contributed by atoms with Crippen molar-refractivity contribution in [3.05, 3.63) is 63.7 Å². The molecule has 0 saturated heterocycles. The largest absolute Gasteiger partial charge is 0.416 e. The van der Waals surface area contributed by atoms with Gasteiger partial charge in [-0.2, -0.15) is 26.3 Å². The molecule has 1 amide bonds. The molecule has 0 aliphatic heterocycles. The molecule has 8 heteroatoms. The molecule has 0 aliphatic carbocycles. The number of carbonyl (C=O) groups excluding carboxylic acids is 1. The summed E-state index contributed by atoms with van der Waals surface area (Å²) >= 11 is 0. The molecule has 0 aromatic heterocycles. The zero-order chi connectivity index (χ0) is 19.9. The first-order valence-electron chi connectivity index (χ1n) is 7.47. The van der Waals surface area contributed by atoms with E-state index in [9.17, 15) is 31.1 Å². The van der Waals surface area contributed by atoms with Crippen LogP contribution in [0.4, 0.5) is 32.0 Å². The summed E-state index contributed by atoms with van der Waals surface area (Å²) in [6.45, 7) is 5.19. The molecule has 26 heavy (non-hydrogen) atoms. The topological polar surface area (TPSA) is 29.1 Å². The number of halogens is 6. The number of anilines is 1. The van der Waals surface area contributed by atoms with Crippen molar-refractivity contribution in [2.24, 2.45) is 0 Å². The lowest BCUT2D eigenvalue weighted by Gasteiger charge is -2.16. The molecular weight excluding hydrogens is 360 g/mol. The molecule has 0 radical (unpaired) electrons. The van der Waals surface area contributed by atoms with Crippen molar-refractivity contribution in [2.45, 2.75) is 33.1 Å². The minimum Gasteiger partial charge on any atom is -0.322 e. The number of hydrogen-bond donors (Lipinski definition) is 1. The van der Waals surface area contributed by atoms with Crippen LogP contribution >= 0.6 is 0 Å². The first-order chi connectivity index (χ1) is 11.8. The fourth-order valence-electron chi connectivity index (χ4n) is 2.65. The van der Waals surface area contributed by atoms with Crippen LogP contribution in [-0.2, 0) is 12.4 Å². The Kier molecular flexibility index (Phi) is 5.07. The van der Waals surface area contributed by atoms with Gasteiger partial charge in [-0.25, -0.2) is 0 Å². The summed E-state index contributed by atoms with van der Waals surface area (Å²) in [5.41, 5.74) is -1.21. The van der Waals surface area contributed by atoms with Gasteiger partial charge in [0.1, 0.15) is 0 Å². The van der Waals surface area contributed by atoms with Gasteiger partial charge in [0.25, 0.3) is 5.91 Å². The van der Waals surface area contributed by atoms with Crippen molar-refractivity contribution in [2.75, 3.05) is 5.32 Å². The summed E-state index contributed by atoms with van der Waals surface area (Å²) < 4.78 is 77.4. The number of amides is 1. The Morgan fingerprint density at radius 3 is 1.58 bits per heavy atom. The molecule has 2 nitrogen and oxygen atoms in total. The Hall–Kier alpha value is -2.51. The second kappa shape index (κ2) is 6.66. The summed E-state index contributed by atoms with van der Waals surface area (Å²) in [6.07, 6.45) is -10.0. The third kappa shape index (κ3) is 4.36. The summed E-state index contributed by atoms with van der Waals surface area (Å²) in [5, 5.41) is 2.41. The van der Waals surface area contributed by atoms with Crippen molar-refractivity contribution in [3.63, 3.8) is 0 Å². The maximum absolute atomic E-state index is 12.9. The van der Waals surface area contributed by atoms with E-state index in [4.69, 9.17) is 0 Å². The number of benzene rings is 2. The Labute approximate surface area is 145 Å². The monoisotopic (exact) mass is 375 g/mol. The van der Waals surface area contributed by atoms with Crippen molar-refractivity contribution >= 4 is 11.6 Å². The lowest BCUT2D eigenvalue weighted by Crippen LogP contribution is -2.18. The summed E-state index contributed by atoms with van der Waals surface area (Å²) in [7, 11) is 0. The summed E-state index contributed by atoms with van der Waals surface area (Å²) in [5.74, 6) is -1.04. The van der Waals surface area contributed by atoms with Crippen molar-refractivity contribution in [1.82, 2.24) is 0 Å². The minimum atomic E-state index is -5.01. The lowest BCUT2D eigenvalue weighted by atomic mass is 10.0. The van der Waals surface area contributed by atoms with Crippen LogP contribution in [0.2, 0.25) is 0 Å². The van der Waals surface area contributed by atoms with E-state index >= 15 is 0 Å². The van der Waals surface area contributed by atoms with Gasteiger partial charge < -0.3 is 5.32 Å². The number of alkyl halides is 6. The number of nitrogens with one attached hydrogen (secondary N) is 1. The third-order valence-electron chi connectivity index (χ3n) is 3.77. The molecule has 0 fully saturated rings. The Morgan fingerprint density at radius 1 is 0.769 bits per heavy atom. The van der Waals surface area contributed by atoms with Crippen LogP contribution in [0.5, 0.6) is 0 Å². The molecule has 140 valence electrons. The van der Waals surface area contributed by atoms with E-state index in [-0.39, 0.29) is 6.07 Å². The molecule has 2 rings (SSSR count). The van der Waals surface area contributed by atoms with Crippen LogP contribution in [0, 0.1) is 20.8 Å². The smallest absolute Gasteiger partial charge is 0.322 e. The molecular formula is C18H15F6NO. The van der Waals surface area contributed by atoms with Crippen LogP contribution in [0.25, 0.3) is 0 Å². The number of carbonyl (C=O) groups is 1. The predicted octanol–water partition coefficient (Wildman–Crippen LogP) is 5.90. The second-order valence-corrected chi connectivity index (χ2v) is 6.02. The number of rotatable bonds is 2. The Morgan fingerprint density at radius 2 is 1.19 bits per heavy atom. The van der Waals surface area contributed by atoms with Crippen LogP contribution in [0.1, 0.15) is 38.2 Å². The molecule has 0 unspecified atom stereocenters. The molecule has 1 N–H and O–H groups in total. The van der Waals surface area contributed by atoms with Crippen LogP contribution in [0.15, 0.2) is 30.3 Å². The highest BCUT2D eigenvalue weighted by molar-refractivity contribution is 6.05. The van der Waals surface area contributed by atoms with E-state index in [0.29, 0.717) is 28.9 Å². The van der Waals surface area contributed by atoms with Crippen LogP contribution in [-0.4, -0.2) is 5.91 Å². The summed E-state index contributed by atoms with van der Waals surface area (Å²) in [6, 6.07) is 4.29. The summed E-state index contributed by atoms with van der Waals surface area (Å²) in [4.78, 5) is 12.3. The zero-order valence-corrected chi connectivity index (χ0v) is 14.1. The predicted molar refractivity (Wildman–Crippen MR) is 85.1 cm³/mol. The van der Waals surface area contributed by atoms with Crippen LogP contribution < -0.4 is 5.32 Å². The average molecular weight is 375 g/mol. The van der Waals surface area contributed by atoms with Gasteiger partial charge in [0.05, 0.1) is 11.1 Å². The van der Waals surface area contributed by atoms with E-state index in [2.05, 4.69) is 5.32 Å².